The molecule has 1 aromatic heterocycles. The van der Waals surface area contributed by atoms with E-state index in [1.54, 1.807) is 0 Å². The zero-order valence-electron chi connectivity index (χ0n) is 13.0. The Kier molecular flexibility index (Phi) is 5.66. The minimum absolute atomic E-state index is 0.203. The molecular weight excluding hydrogens is 298 g/mol. The lowest BCUT2D eigenvalue weighted by atomic mass is 9.79. The highest BCUT2D eigenvalue weighted by atomic mass is 32.2. The van der Waals surface area contributed by atoms with Crippen LogP contribution in [0.2, 0.25) is 0 Å². The highest BCUT2D eigenvalue weighted by molar-refractivity contribution is 7.99. The fourth-order valence-electron chi connectivity index (χ4n) is 3.67. The molecule has 2 aliphatic rings. The third-order valence-corrected chi connectivity index (χ3v) is 6.81. The van der Waals surface area contributed by atoms with Gasteiger partial charge in [0.1, 0.15) is 0 Å². The van der Waals surface area contributed by atoms with E-state index in [0.29, 0.717) is 6.04 Å². The number of nitrogens with one attached hydrogen (secondary N) is 1. The number of thioether (sulfide) groups is 1. The molecule has 1 N–H and O–H groups in total. The first-order valence-corrected chi connectivity index (χ1v) is 10.4. The summed E-state index contributed by atoms with van der Waals surface area (Å²) in [6.07, 6.45) is 6.12. The van der Waals surface area contributed by atoms with Crippen LogP contribution in [0.3, 0.4) is 0 Å². The van der Waals surface area contributed by atoms with Gasteiger partial charge in [0.05, 0.1) is 5.60 Å². The van der Waals surface area contributed by atoms with Gasteiger partial charge in [-0.2, -0.15) is 23.1 Å². The summed E-state index contributed by atoms with van der Waals surface area (Å²) in [5.74, 6) is 3.26. The van der Waals surface area contributed by atoms with Crippen molar-refractivity contribution >= 4 is 23.1 Å². The van der Waals surface area contributed by atoms with Gasteiger partial charge in [-0.3, -0.25) is 0 Å². The monoisotopic (exact) mass is 325 g/mol. The Morgan fingerprint density at radius 3 is 3.19 bits per heavy atom. The first-order chi connectivity index (χ1) is 10.3. The second-order valence-corrected chi connectivity index (χ2v) is 8.37. The van der Waals surface area contributed by atoms with Crippen molar-refractivity contribution in [3.8, 4) is 0 Å². The zero-order chi connectivity index (χ0) is 14.5. The van der Waals surface area contributed by atoms with Gasteiger partial charge in [0.25, 0.3) is 0 Å². The fraction of sp³-hybridized carbons (Fsp3) is 0.765. The van der Waals surface area contributed by atoms with Gasteiger partial charge in [0.15, 0.2) is 0 Å². The molecule has 2 fully saturated rings. The van der Waals surface area contributed by atoms with Gasteiger partial charge in [0, 0.05) is 18.4 Å². The molecule has 2 saturated heterocycles. The summed E-state index contributed by atoms with van der Waals surface area (Å²) in [6.45, 7) is 4.35. The van der Waals surface area contributed by atoms with Gasteiger partial charge < -0.3 is 10.1 Å². The summed E-state index contributed by atoms with van der Waals surface area (Å²) < 4.78 is 6.20. The minimum Gasteiger partial charge on any atom is -0.374 e. The van der Waals surface area contributed by atoms with Crippen molar-refractivity contribution < 1.29 is 4.74 Å². The highest BCUT2D eigenvalue weighted by Crippen LogP contribution is 2.41. The number of thiophene rings is 1. The third-order valence-electron chi connectivity index (χ3n) is 4.86. The maximum atomic E-state index is 6.20. The van der Waals surface area contributed by atoms with E-state index in [0.717, 1.165) is 19.1 Å². The van der Waals surface area contributed by atoms with Crippen LogP contribution < -0.4 is 5.32 Å². The number of ether oxygens (including phenoxy) is 1. The van der Waals surface area contributed by atoms with E-state index in [4.69, 9.17) is 4.74 Å². The van der Waals surface area contributed by atoms with E-state index in [-0.39, 0.29) is 5.60 Å². The molecule has 21 heavy (non-hydrogen) atoms. The van der Waals surface area contributed by atoms with E-state index >= 15 is 0 Å². The molecule has 0 aromatic carbocycles. The van der Waals surface area contributed by atoms with Crippen LogP contribution in [0.15, 0.2) is 16.8 Å². The van der Waals surface area contributed by atoms with E-state index in [1.165, 1.54) is 49.2 Å². The Morgan fingerprint density at radius 1 is 1.52 bits per heavy atom. The van der Waals surface area contributed by atoms with E-state index in [2.05, 4.69) is 40.8 Å². The molecule has 0 radical (unpaired) electrons. The van der Waals surface area contributed by atoms with Crippen molar-refractivity contribution in [2.24, 2.45) is 5.92 Å². The first kappa shape index (κ1) is 15.9. The van der Waals surface area contributed by atoms with Crippen LogP contribution in [0.1, 0.15) is 38.2 Å². The normalized spacial score (nSPS) is 30.8. The molecule has 0 aliphatic carbocycles. The van der Waals surface area contributed by atoms with Crippen molar-refractivity contribution in [3.63, 3.8) is 0 Å². The summed E-state index contributed by atoms with van der Waals surface area (Å²) in [5, 5.41) is 8.33. The highest BCUT2D eigenvalue weighted by Gasteiger charge is 2.42. The summed E-state index contributed by atoms with van der Waals surface area (Å²) in [4.78, 5) is 0. The molecule has 2 aliphatic heterocycles. The molecule has 118 valence electrons. The van der Waals surface area contributed by atoms with Gasteiger partial charge in [0.2, 0.25) is 0 Å². The van der Waals surface area contributed by atoms with Crippen molar-refractivity contribution in [1.29, 1.82) is 0 Å². The predicted molar refractivity (Wildman–Crippen MR) is 93.5 cm³/mol. The topological polar surface area (TPSA) is 21.3 Å². The lowest BCUT2D eigenvalue weighted by Gasteiger charge is -2.41. The van der Waals surface area contributed by atoms with Crippen LogP contribution in [-0.2, 0) is 11.2 Å². The Bertz CT molecular complexity index is 414. The standard InChI is InChI=1S/C17H27NOS2/c1-2-6-18-16(10-14-4-8-20-12-14)15-3-7-19-17(11-15)5-9-21-13-17/h4,8,12,15-16,18H,2-3,5-7,9-11,13H2,1H3. The molecule has 1 aromatic rings. The van der Waals surface area contributed by atoms with Crippen LogP contribution in [0.25, 0.3) is 0 Å². The molecule has 3 rings (SSSR count). The SMILES string of the molecule is CCCNC(Cc1ccsc1)C1CCOC2(CCSC2)C1. The fourth-order valence-corrected chi connectivity index (χ4v) is 5.73. The molecule has 1 spiro atoms. The second kappa shape index (κ2) is 7.49. The van der Waals surface area contributed by atoms with Crippen molar-refractivity contribution in [2.75, 3.05) is 24.7 Å². The molecule has 3 heterocycles. The van der Waals surface area contributed by atoms with Crippen molar-refractivity contribution in [1.82, 2.24) is 5.32 Å². The molecule has 4 heteroatoms. The van der Waals surface area contributed by atoms with Crippen LogP contribution in [-0.4, -0.2) is 36.3 Å². The van der Waals surface area contributed by atoms with Gasteiger partial charge in [-0.25, -0.2) is 0 Å². The summed E-state index contributed by atoms with van der Waals surface area (Å²) in [5.41, 5.74) is 1.70. The van der Waals surface area contributed by atoms with Crippen LogP contribution in [0.4, 0.5) is 0 Å². The van der Waals surface area contributed by atoms with Gasteiger partial charge in [-0.1, -0.05) is 6.92 Å². The molecule has 0 saturated carbocycles. The average molecular weight is 326 g/mol. The lowest BCUT2D eigenvalue weighted by molar-refractivity contribution is -0.0850. The van der Waals surface area contributed by atoms with Crippen molar-refractivity contribution in [3.05, 3.63) is 22.4 Å². The van der Waals surface area contributed by atoms with Crippen molar-refractivity contribution in [2.45, 2.75) is 50.7 Å². The molecule has 0 bridgehead atoms. The van der Waals surface area contributed by atoms with Gasteiger partial charge >= 0.3 is 0 Å². The summed E-state index contributed by atoms with van der Waals surface area (Å²) >= 11 is 3.89. The molecule has 2 nitrogen and oxygen atoms in total. The summed E-state index contributed by atoms with van der Waals surface area (Å²) in [6, 6.07) is 2.90. The molecular formula is C17H27NOS2. The van der Waals surface area contributed by atoms with Gasteiger partial charge in [-0.05, 0) is 72.7 Å². The lowest BCUT2D eigenvalue weighted by Crippen LogP contribution is -2.48. The molecule has 3 atom stereocenters. The second-order valence-electron chi connectivity index (χ2n) is 6.48. The first-order valence-electron chi connectivity index (χ1n) is 8.27. The molecule has 3 unspecified atom stereocenters. The number of hydrogen-bond donors (Lipinski definition) is 1. The maximum Gasteiger partial charge on any atom is 0.0783 e. The Labute approximate surface area is 137 Å². The van der Waals surface area contributed by atoms with E-state index < -0.39 is 0 Å². The average Bonchev–Trinajstić information content (AvgIpc) is 3.16. The predicted octanol–water partition coefficient (Wildman–Crippen LogP) is 3.96. The Morgan fingerprint density at radius 2 is 2.48 bits per heavy atom. The summed E-state index contributed by atoms with van der Waals surface area (Å²) in [7, 11) is 0. The smallest absolute Gasteiger partial charge is 0.0783 e. The van der Waals surface area contributed by atoms with Gasteiger partial charge in [-0.15, -0.1) is 0 Å². The third kappa shape index (κ3) is 4.04. The van der Waals surface area contributed by atoms with E-state index in [1.807, 2.05) is 11.3 Å². The maximum absolute atomic E-state index is 6.20. The quantitative estimate of drug-likeness (QED) is 0.855. The van der Waals surface area contributed by atoms with Crippen LogP contribution >= 0.6 is 23.1 Å². The number of hydrogen-bond acceptors (Lipinski definition) is 4. The largest absolute Gasteiger partial charge is 0.374 e. The number of rotatable bonds is 6. The van der Waals surface area contributed by atoms with E-state index in [9.17, 15) is 0 Å². The zero-order valence-corrected chi connectivity index (χ0v) is 14.6. The minimum atomic E-state index is 0.203. The Hall–Kier alpha value is -0.0300. The van der Waals surface area contributed by atoms with Crippen LogP contribution in [0, 0.1) is 5.92 Å². The molecule has 0 amide bonds. The van der Waals surface area contributed by atoms with Crippen LogP contribution in [0.5, 0.6) is 0 Å². The Balaban J connectivity index is 1.66.